The van der Waals surface area contributed by atoms with E-state index in [0.717, 1.165) is 18.7 Å². The van der Waals surface area contributed by atoms with Crippen LogP contribution in [0.25, 0.3) is 0 Å². The summed E-state index contributed by atoms with van der Waals surface area (Å²) in [7, 11) is 0. The molecule has 0 fully saturated rings. The molecule has 1 rings (SSSR count). The minimum absolute atomic E-state index is 0. The van der Waals surface area contributed by atoms with Crippen LogP contribution in [0.1, 0.15) is 78.1 Å². The van der Waals surface area contributed by atoms with Crippen molar-refractivity contribution in [3.63, 3.8) is 0 Å². The second-order valence-electron chi connectivity index (χ2n) is 6.19. The van der Waals surface area contributed by atoms with Gasteiger partial charge in [0, 0.05) is 6.42 Å². The van der Waals surface area contributed by atoms with Crippen LogP contribution in [-0.4, -0.2) is 99.3 Å². The average Bonchev–Trinajstić information content (AvgIpc) is 2.87. The van der Waals surface area contributed by atoms with Crippen molar-refractivity contribution in [3.05, 3.63) is 12.4 Å². The molecule has 0 aromatic carbocycles. The topological polar surface area (TPSA) is 90.4 Å². The number of carbonyl (C=O) groups is 1. The standard InChI is InChI=1S/C18H32N2O3.2Na.H2O.2H/c1-3-5-6-7-8-9-10-11-12-13-17-19-14-15-20(17,23-4-2)16-18(21)22;;;;;/h14-15H,3-13,16H2,1-2H3;;;1H2;;/p+1. The molecule has 0 aromatic heterocycles. The fourth-order valence-corrected chi connectivity index (χ4v) is 3.00. The van der Waals surface area contributed by atoms with Crippen molar-refractivity contribution in [1.82, 2.24) is 0 Å². The summed E-state index contributed by atoms with van der Waals surface area (Å²) >= 11 is 0. The van der Waals surface area contributed by atoms with Gasteiger partial charge in [-0.2, -0.15) is 4.84 Å². The van der Waals surface area contributed by atoms with Gasteiger partial charge in [-0.1, -0.05) is 62.9 Å². The molecule has 1 heterocycles. The molecule has 1 aliphatic heterocycles. The summed E-state index contributed by atoms with van der Waals surface area (Å²) in [6.07, 6.45) is 15.7. The molecule has 0 spiro atoms. The fourth-order valence-electron chi connectivity index (χ4n) is 3.00. The minimum atomic E-state index is -0.871. The number of carboxylic acid groups (broad SMARTS) is 1. The Morgan fingerprint density at radius 1 is 1.04 bits per heavy atom. The maximum absolute atomic E-state index is 11.1. The normalized spacial score (nSPS) is 17.7. The second kappa shape index (κ2) is 19.1. The van der Waals surface area contributed by atoms with Crippen LogP contribution in [0, 0.1) is 0 Å². The number of rotatable bonds is 14. The summed E-state index contributed by atoms with van der Waals surface area (Å²) in [5, 5.41) is 9.13. The average molecular weight is 391 g/mol. The second-order valence-corrected chi connectivity index (χ2v) is 6.19. The number of aliphatic carboxylic acids is 1. The van der Waals surface area contributed by atoms with Gasteiger partial charge in [0.25, 0.3) is 0 Å². The third kappa shape index (κ3) is 12.3. The summed E-state index contributed by atoms with van der Waals surface area (Å²) in [5.41, 5.74) is 0. The van der Waals surface area contributed by atoms with Crippen molar-refractivity contribution >= 4 is 70.9 Å². The van der Waals surface area contributed by atoms with E-state index in [0.29, 0.717) is 6.61 Å². The Labute approximate surface area is 202 Å². The van der Waals surface area contributed by atoms with Gasteiger partial charge in [0.2, 0.25) is 12.4 Å². The number of carboxylic acids is 1. The van der Waals surface area contributed by atoms with Crippen molar-refractivity contribution in [2.24, 2.45) is 4.99 Å². The number of aliphatic imine (C=N–C) groups is 1. The van der Waals surface area contributed by atoms with E-state index >= 15 is 0 Å². The Kier molecular flexibility index (Phi) is 23.1. The summed E-state index contributed by atoms with van der Waals surface area (Å²) < 4.78 is -0.0666. The molecule has 3 N–H and O–H groups in total. The molecule has 1 unspecified atom stereocenters. The van der Waals surface area contributed by atoms with E-state index < -0.39 is 5.97 Å². The predicted octanol–water partition coefficient (Wildman–Crippen LogP) is 2.52. The van der Waals surface area contributed by atoms with Crippen molar-refractivity contribution in [1.29, 1.82) is 0 Å². The Bertz CT molecular complexity index is 420. The number of nitrogens with zero attached hydrogens (tertiary/aromatic N) is 2. The number of hydroxylamine groups is 3. The molecule has 0 saturated heterocycles. The van der Waals surface area contributed by atoms with E-state index in [-0.39, 0.29) is 75.8 Å². The number of unbranched alkanes of at least 4 members (excludes halogenated alkanes) is 8. The zero-order valence-electron chi connectivity index (χ0n) is 15.3. The molecule has 6 nitrogen and oxygen atoms in total. The van der Waals surface area contributed by atoms with Gasteiger partial charge >= 0.3 is 65.1 Å². The number of amidine groups is 1. The van der Waals surface area contributed by atoms with Gasteiger partial charge in [0.05, 0.1) is 6.20 Å². The van der Waals surface area contributed by atoms with Crippen molar-refractivity contribution < 1.29 is 24.9 Å². The quantitative estimate of drug-likeness (QED) is 0.280. The van der Waals surface area contributed by atoms with Crippen LogP contribution in [0.5, 0.6) is 0 Å². The van der Waals surface area contributed by atoms with Crippen molar-refractivity contribution in [2.45, 2.75) is 78.1 Å². The van der Waals surface area contributed by atoms with Crippen LogP contribution in [0.4, 0.5) is 0 Å². The molecule has 0 bridgehead atoms. The third-order valence-corrected chi connectivity index (χ3v) is 4.20. The molecule has 8 heteroatoms. The van der Waals surface area contributed by atoms with Crippen LogP contribution in [-0.2, 0) is 9.63 Å². The number of hydrogen-bond donors (Lipinski definition) is 1. The van der Waals surface area contributed by atoms with Gasteiger partial charge in [0.1, 0.15) is 6.61 Å². The summed E-state index contributed by atoms with van der Waals surface area (Å²) in [5.74, 6) is -0.0537. The zero-order chi connectivity index (χ0) is 17.0. The molecule has 0 saturated carbocycles. The Balaban J connectivity index is -0.00000176. The fraction of sp³-hybridized carbons (Fsp3) is 0.778. The Morgan fingerprint density at radius 3 is 2.08 bits per heavy atom. The van der Waals surface area contributed by atoms with Gasteiger partial charge in [-0.05, 0) is 13.3 Å². The van der Waals surface area contributed by atoms with Gasteiger partial charge in [-0.25, -0.2) is 9.79 Å². The molecule has 0 aromatic rings. The molecule has 1 atom stereocenters. The van der Waals surface area contributed by atoms with Gasteiger partial charge in [0.15, 0.2) is 6.20 Å². The number of hydrogen-bond acceptors (Lipinski definition) is 3. The Morgan fingerprint density at radius 2 is 1.58 bits per heavy atom. The first-order valence-corrected chi connectivity index (χ1v) is 9.13. The van der Waals surface area contributed by atoms with Crippen LogP contribution in [0.15, 0.2) is 17.4 Å². The van der Waals surface area contributed by atoms with Crippen LogP contribution < -0.4 is 0 Å². The summed E-state index contributed by atoms with van der Waals surface area (Å²) in [4.78, 5) is 21.2. The van der Waals surface area contributed by atoms with Crippen LogP contribution in [0.3, 0.4) is 0 Å². The van der Waals surface area contributed by atoms with Gasteiger partial charge in [-0.15, -0.1) is 0 Å². The van der Waals surface area contributed by atoms with E-state index in [2.05, 4.69) is 11.9 Å². The Hall–Kier alpha value is 0.760. The molecule has 0 radical (unpaired) electrons. The van der Waals surface area contributed by atoms with Crippen LogP contribution >= 0.6 is 0 Å². The monoisotopic (exact) mass is 391 g/mol. The molecule has 144 valence electrons. The first-order chi connectivity index (χ1) is 11.1. The first kappa shape index (κ1) is 31.5. The van der Waals surface area contributed by atoms with Gasteiger partial charge in [-0.3, -0.25) is 0 Å². The molecular formula is C18H37N2Na2O4+. The van der Waals surface area contributed by atoms with Crippen molar-refractivity contribution in [2.75, 3.05) is 13.2 Å². The predicted molar refractivity (Wildman–Crippen MR) is 111 cm³/mol. The summed E-state index contributed by atoms with van der Waals surface area (Å²) in [6.45, 7) is 4.49. The van der Waals surface area contributed by atoms with Crippen molar-refractivity contribution in [3.8, 4) is 0 Å². The van der Waals surface area contributed by atoms with E-state index in [1.54, 1.807) is 12.4 Å². The molecule has 0 aliphatic carbocycles. The first-order valence-electron chi connectivity index (χ1n) is 9.13. The van der Waals surface area contributed by atoms with E-state index in [1.807, 2.05) is 6.92 Å². The third-order valence-electron chi connectivity index (χ3n) is 4.20. The summed E-state index contributed by atoms with van der Waals surface area (Å²) in [6, 6.07) is 0. The maximum atomic E-state index is 11.1. The SMILES string of the molecule is CCCCCCCCCCCC1=NC=C[N+]1(CC(=O)O)OCC.O.[NaH].[NaH]. The van der Waals surface area contributed by atoms with E-state index in [9.17, 15) is 4.79 Å². The van der Waals surface area contributed by atoms with Crippen LogP contribution in [0.2, 0.25) is 0 Å². The zero-order valence-corrected chi connectivity index (χ0v) is 15.3. The number of quaternary nitrogens is 1. The molecule has 0 amide bonds. The van der Waals surface area contributed by atoms with E-state index in [1.165, 1.54) is 51.4 Å². The van der Waals surface area contributed by atoms with E-state index in [4.69, 9.17) is 9.94 Å². The molecule has 26 heavy (non-hydrogen) atoms. The molecular weight excluding hydrogens is 354 g/mol. The van der Waals surface area contributed by atoms with Gasteiger partial charge < -0.3 is 10.6 Å². The molecule has 1 aliphatic rings.